The van der Waals surface area contributed by atoms with Gasteiger partial charge in [0, 0.05) is 18.4 Å². The van der Waals surface area contributed by atoms with E-state index in [2.05, 4.69) is 10.6 Å². The van der Waals surface area contributed by atoms with E-state index >= 15 is 0 Å². The first-order valence-corrected chi connectivity index (χ1v) is 6.61. The molecule has 0 saturated heterocycles. The minimum Gasteiger partial charge on any atom is -0.355 e. The van der Waals surface area contributed by atoms with Gasteiger partial charge in [0.15, 0.2) is 0 Å². The molecule has 4 nitrogen and oxygen atoms in total. The van der Waals surface area contributed by atoms with E-state index in [0.29, 0.717) is 5.69 Å². The molecular formula is C14H18ClFN2O2. The van der Waals surface area contributed by atoms with Crippen molar-refractivity contribution in [3.8, 4) is 0 Å². The Morgan fingerprint density at radius 2 is 1.95 bits per heavy atom. The molecule has 0 spiro atoms. The van der Waals surface area contributed by atoms with Crippen LogP contribution in [0.2, 0.25) is 5.02 Å². The SMILES string of the molecule is CC(C)(C)C(=O)NCCC(=O)Nc1ccc(F)cc1Cl. The molecular weight excluding hydrogens is 283 g/mol. The number of hydrogen-bond donors (Lipinski definition) is 2. The second kappa shape index (κ2) is 6.70. The van der Waals surface area contributed by atoms with E-state index in [1.165, 1.54) is 12.1 Å². The van der Waals surface area contributed by atoms with Crippen molar-refractivity contribution in [3.63, 3.8) is 0 Å². The highest BCUT2D eigenvalue weighted by Crippen LogP contribution is 2.22. The van der Waals surface area contributed by atoms with E-state index < -0.39 is 11.2 Å². The summed E-state index contributed by atoms with van der Waals surface area (Å²) in [6.45, 7) is 5.61. The van der Waals surface area contributed by atoms with Gasteiger partial charge >= 0.3 is 0 Å². The van der Waals surface area contributed by atoms with Crippen molar-refractivity contribution >= 4 is 29.1 Å². The van der Waals surface area contributed by atoms with Gasteiger partial charge < -0.3 is 10.6 Å². The molecule has 0 saturated carbocycles. The van der Waals surface area contributed by atoms with Crippen molar-refractivity contribution in [2.45, 2.75) is 27.2 Å². The fourth-order valence-corrected chi connectivity index (χ4v) is 1.57. The molecule has 20 heavy (non-hydrogen) atoms. The number of amides is 2. The summed E-state index contributed by atoms with van der Waals surface area (Å²) in [6, 6.07) is 3.73. The van der Waals surface area contributed by atoms with E-state index in [1.54, 1.807) is 20.8 Å². The summed E-state index contributed by atoms with van der Waals surface area (Å²) in [4.78, 5) is 23.3. The van der Waals surface area contributed by atoms with Crippen molar-refractivity contribution < 1.29 is 14.0 Å². The van der Waals surface area contributed by atoms with Gasteiger partial charge in [-0.3, -0.25) is 9.59 Å². The second-order valence-corrected chi connectivity index (χ2v) is 5.84. The summed E-state index contributed by atoms with van der Waals surface area (Å²) < 4.78 is 12.8. The summed E-state index contributed by atoms with van der Waals surface area (Å²) in [5.41, 5.74) is -0.142. The zero-order valence-electron chi connectivity index (χ0n) is 11.7. The van der Waals surface area contributed by atoms with E-state index in [1.807, 2.05) is 0 Å². The Labute approximate surface area is 122 Å². The summed E-state index contributed by atoms with van der Waals surface area (Å²) in [5, 5.41) is 5.37. The predicted octanol–water partition coefficient (Wildman–Crippen LogP) is 2.97. The van der Waals surface area contributed by atoms with Crippen LogP contribution in [0.5, 0.6) is 0 Å². The molecule has 0 atom stereocenters. The quantitative estimate of drug-likeness (QED) is 0.898. The minimum atomic E-state index is -0.489. The van der Waals surface area contributed by atoms with Crippen LogP contribution in [0.1, 0.15) is 27.2 Å². The number of carbonyl (C=O) groups excluding carboxylic acids is 2. The molecule has 1 aromatic rings. The number of nitrogens with one attached hydrogen (secondary N) is 2. The second-order valence-electron chi connectivity index (χ2n) is 5.43. The van der Waals surface area contributed by atoms with Crippen molar-refractivity contribution in [1.29, 1.82) is 0 Å². The molecule has 0 radical (unpaired) electrons. The number of halogens is 2. The van der Waals surface area contributed by atoms with E-state index in [4.69, 9.17) is 11.6 Å². The normalized spacial score (nSPS) is 11.1. The highest BCUT2D eigenvalue weighted by molar-refractivity contribution is 6.33. The third kappa shape index (κ3) is 5.17. The first kappa shape index (κ1) is 16.4. The third-order valence-corrected chi connectivity index (χ3v) is 2.84. The maximum Gasteiger partial charge on any atom is 0.226 e. The number of rotatable bonds is 4. The fourth-order valence-electron chi connectivity index (χ4n) is 1.36. The predicted molar refractivity (Wildman–Crippen MR) is 77.1 cm³/mol. The van der Waals surface area contributed by atoms with Crippen LogP contribution in [-0.2, 0) is 9.59 Å². The lowest BCUT2D eigenvalue weighted by Gasteiger charge is -2.17. The molecule has 0 heterocycles. The Balaban J connectivity index is 2.43. The molecule has 1 aromatic carbocycles. The summed E-state index contributed by atoms with van der Waals surface area (Å²) in [6.07, 6.45) is 0.121. The van der Waals surface area contributed by atoms with Crippen molar-refractivity contribution in [3.05, 3.63) is 29.0 Å². The van der Waals surface area contributed by atoms with Gasteiger partial charge in [-0.2, -0.15) is 0 Å². The highest BCUT2D eigenvalue weighted by atomic mass is 35.5. The maximum absolute atomic E-state index is 12.8. The molecule has 0 bridgehead atoms. The Hall–Kier alpha value is -1.62. The van der Waals surface area contributed by atoms with Crippen LogP contribution in [0.4, 0.5) is 10.1 Å². The van der Waals surface area contributed by atoms with Gasteiger partial charge in [0.05, 0.1) is 10.7 Å². The first-order valence-electron chi connectivity index (χ1n) is 6.23. The summed E-state index contributed by atoms with van der Waals surface area (Å²) in [7, 11) is 0. The lowest BCUT2D eigenvalue weighted by atomic mass is 9.96. The standard InChI is InChI=1S/C14H18ClFN2O2/c1-14(2,3)13(20)17-7-6-12(19)18-11-5-4-9(16)8-10(11)15/h4-5,8H,6-7H2,1-3H3,(H,17,20)(H,18,19). The molecule has 0 aliphatic carbocycles. The van der Waals surface area contributed by atoms with Crippen LogP contribution >= 0.6 is 11.6 Å². The topological polar surface area (TPSA) is 58.2 Å². The molecule has 0 fully saturated rings. The largest absolute Gasteiger partial charge is 0.355 e. The fraction of sp³-hybridized carbons (Fsp3) is 0.429. The van der Waals surface area contributed by atoms with Crippen LogP contribution in [0.25, 0.3) is 0 Å². The van der Waals surface area contributed by atoms with Gasteiger partial charge in [-0.05, 0) is 18.2 Å². The lowest BCUT2D eigenvalue weighted by Crippen LogP contribution is -2.36. The van der Waals surface area contributed by atoms with Crippen molar-refractivity contribution in [2.75, 3.05) is 11.9 Å². The van der Waals surface area contributed by atoms with Crippen LogP contribution in [0.15, 0.2) is 18.2 Å². The smallest absolute Gasteiger partial charge is 0.226 e. The number of anilines is 1. The molecule has 0 unspecified atom stereocenters. The molecule has 2 N–H and O–H groups in total. The first-order chi connectivity index (χ1) is 9.20. The zero-order valence-corrected chi connectivity index (χ0v) is 12.5. The van der Waals surface area contributed by atoms with Crippen LogP contribution in [0.3, 0.4) is 0 Å². The van der Waals surface area contributed by atoms with Crippen LogP contribution in [0, 0.1) is 11.2 Å². The van der Waals surface area contributed by atoms with E-state index in [-0.39, 0.29) is 29.8 Å². The van der Waals surface area contributed by atoms with Gasteiger partial charge in [0.2, 0.25) is 11.8 Å². The molecule has 1 rings (SSSR count). The van der Waals surface area contributed by atoms with Gasteiger partial charge in [-0.1, -0.05) is 32.4 Å². The molecule has 2 amide bonds. The van der Waals surface area contributed by atoms with Crippen LogP contribution in [-0.4, -0.2) is 18.4 Å². The van der Waals surface area contributed by atoms with Gasteiger partial charge in [-0.15, -0.1) is 0 Å². The van der Waals surface area contributed by atoms with Gasteiger partial charge in [0.25, 0.3) is 0 Å². The highest BCUT2D eigenvalue weighted by Gasteiger charge is 2.20. The van der Waals surface area contributed by atoms with Gasteiger partial charge in [-0.25, -0.2) is 4.39 Å². The molecule has 6 heteroatoms. The van der Waals surface area contributed by atoms with E-state index in [0.717, 1.165) is 6.07 Å². The Morgan fingerprint density at radius 3 is 2.50 bits per heavy atom. The maximum atomic E-state index is 12.8. The monoisotopic (exact) mass is 300 g/mol. The summed E-state index contributed by atoms with van der Waals surface area (Å²) >= 11 is 5.79. The average Bonchev–Trinajstić information content (AvgIpc) is 2.31. The molecule has 0 aliphatic rings. The number of carbonyl (C=O) groups is 2. The van der Waals surface area contributed by atoms with Gasteiger partial charge in [0.1, 0.15) is 5.82 Å². The van der Waals surface area contributed by atoms with Crippen LogP contribution < -0.4 is 10.6 Å². The Morgan fingerprint density at radius 1 is 1.30 bits per heavy atom. The lowest BCUT2D eigenvalue weighted by molar-refractivity contribution is -0.128. The molecule has 0 aromatic heterocycles. The third-order valence-electron chi connectivity index (χ3n) is 2.52. The minimum absolute atomic E-state index is 0.120. The number of hydrogen-bond acceptors (Lipinski definition) is 2. The molecule has 0 aliphatic heterocycles. The molecule has 110 valence electrons. The number of benzene rings is 1. The Bertz CT molecular complexity index is 512. The average molecular weight is 301 g/mol. The zero-order chi connectivity index (χ0) is 15.3. The van der Waals surface area contributed by atoms with E-state index in [9.17, 15) is 14.0 Å². The van der Waals surface area contributed by atoms with Crippen molar-refractivity contribution in [2.24, 2.45) is 5.41 Å². The van der Waals surface area contributed by atoms with Crippen molar-refractivity contribution in [1.82, 2.24) is 5.32 Å². The summed E-state index contributed by atoms with van der Waals surface area (Å²) in [5.74, 6) is -0.886. The Kier molecular flexibility index (Phi) is 5.51.